The van der Waals surface area contributed by atoms with Crippen molar-refractivity contribution < 1.29 is 32.3 Å². The molecule has 0 atom stereocenters. The number of nitrogens with one attached hydrogen (secondary N) is 3. The molecule has 0 unspecified atom stereocenters. The molecule has 298 valence electrons. The second-order valence-corrected chi connectivity index (χ2v) is 15.2. The third-order valence-electron chi connectivity index (χ3n) is 11.0. The van der Waals surface area contributed by atoms with E-state index >= 15 is 0 Å². The minimum Gasteiger partial charge on any atom is -0.490 e. The molecule has 0 bridgehead atoms. The minimum atomic E-state index is -4.52. The van der Waals surface area contributed by atoms with Gasteiger partial charge in [0.2, 0.25) is 5.91 Å². The van der Waals surface area contributed by atoms with Crippen LogP contribution in [-0.2, 0) is 16.8 Å². The van der Waals surface area contributed by atoms with Gasteiger partial charge in [-0.25, -0.2) is 19.4 Å². The van der Waals surface area contributed by atoms with E-state index in [9.17, 15) is 27.6 Å². The van der Waals surface area contributed by atoms with Crippen LogP contribution in [0.4, 0.5) is 29.5 Å². The fourth-order valence-corrected chi connectivity index (χ4v) is 7.40. The van der Waals surface area contributed by atoms with Gasteiger partial charge in [0.25, 0.3) is 5.91 Å². The van der Waals surface area contributed by atoms with Gasteiger partial charge in [0, 0.05) is 51.4 Å². The molecular formula is C38H46F3N11O4. The Labute approximate surface area is 322 Å². The summed E-state index contributed by atoms with van der Waals surface area (Å²) in [6, 6.07) is 7.89. The Hall–Kier alpha value is -5.52. The molecule has 0 radical (unpaired) electrons. The van der Waals surface area contributed by atoms with Crippen molar-refractivity contribution in [2.75, 3.05) is 42.5 Å². The Kier molecular flexibility index (Phi) is 10.8. The van der Waals surface area contributed by atoms with Crippen molar-refractivity contribution in [2.45, 2.75) is 90.1 Å². The zero-order chi connectivity index (χ0) is 39.8. The number of carbonyl (C=O) groups excluding carboxylic acids is 3. The smallest absolute Gasteiger partial charge is 0.401 e. The van der Waals surface area contributed by atoms with E-state index in [-0.39, 0.29) is 36.4 Å². The lowest BCUT2D eigenvalue weighted by Crippen LogP contribution is -2.52. The highest BCUT2D eigenvalue weighted by atomic mass is 19.4. The monoisotopic (exact) mass is 777 g/mol. The number of aromatic nitrogens is 6. The second-order valence-electron chi connectivity index (χ2n) is 15.2. The van der Waals surface area contributed by atoms with E-state index in [0.29, 0.717) is 12.6 Å². The van der Waals surface area contributed by atoms with Crippen molar-refractivity contribution in [3.8, 4) is 11.4 Å². The Morgan fingerprint density at radius 1 is 0.964 bits per heavy atom. The summed E-state index contributed by atoms with van der Waals surface area (Å²) in [5.41, 5.74) is 1.41. The number of aromatic amines is 1. The first kappa shape index (κ1) is 38.7. The van der Waals surface area contributed by atoms with E-state index in [1.807, 2.05) is 38.1 Å². The van der Waals surface area contributed by atoms with Gasteiger partial charge >= 0.3 is 12.2 Å². The van der Waals surface area contributed by atoms with E-state index in [1.165, 1.54) is 6.20 Å². The fourth-order valence-electron chi connectivity index (χ4n) is 7.40. The molecule has 7 rings (SSSR count). The SMILES string of the molecule is Cc1cc(N2CCN(C3CCC(Oc4ccc(-n5cc(C(=O)NCc6nc(C(C)(C)C(F)(F)F)n[nH]6)cn5)c(C)c4)CC3)CC2)ncc1N1CCC(=O)NC1=O. The van der Waals surface area contributed by atoms with Gasteiger partial charge in [-0.05, 0) is 88.8 Å². The largest absolute Gasteiger partial charge is 0.490 e. The second kappa shape index (κ2) is 15.5. The summed E-state index contributed by atoms with van der Waals surface area (Å²) in [7, 11) is 0. The van der Waals surface area contributed by atoms with Gasteiger partial charge in [0.1, 0.15) is 22.8 Å². The zero-order valence-electron chi connectivity index (χ0n) is 31.8. The first-order chi connectivity index (χ1) is 26.7. The van der Waals surface area contributed by atoms with Crippen LogP contribution >= 0.6 is 0 Å². The molecular weight excluding hydrogens is 731 g/mol. The predicted octanol–water partition coefficient (Wildman–Crippen LogP) is 4.73. The normalized spacial score (nSPS) is 19.9. The maximum Gasteiger partial charge on any atom is 0.401 e. The maximum absolute atomic E-state index is 13.3. The van der Waals surface area contributed by atoms with E-state index in [1.54, 1.807) is 22.0 Å². The molecule has 18 heteroatoms. The van der Waals surface area contributed by atoms with E-state index < -0.39 is 29.4 Å². The summed E-state index contributed by atoms with van der Waals surface area (Å²) < 4.78 is 48.1. The number of amides is 4. The predicted molar refractivity (Wildman–Crippen MR) is 200 cm³/mol. The number of rotatable bonds is 10. The van der Waals surface area contributed by atoms with Crippen molar-refractivity contribution in [1.29, 1.82) is 0 Å². The van der Waals surface area contributed by atoms with Gasteiger partial charge in [0.15, 0.2) is 5.82 Å². The summed E-state index contributed by atoms with van der Waals surface area (Å²) in [6.45, 7) is 9.75. The molecule has 4 aromatic rings. The number of urea groups is 1. The number of hydrogen-bond acceptors (Lipinski definition) is 10. The summed E-state index contributed by atoms with van der Waals surface area (Å²) >= 11 is 0. The van der Waals surface area contributed by atoms with Crippen LogP contribution in [0.2, 0.25) is 0 Å². The number of piperazine rings is 1. The Balaban J connectivity index is 0.859. The molecule has 3 fully saturated rings. The van der Waals surface area contributed by atoms with Crippen LogP contribution < -0.4 is 25.2 Å². The number of alkyl halides is 3. The standard InChI is InChI=1S/C38H46F3N11O4/c1-23-17-28(9-10-29(23)52-22-25(19-44-52)34(54)43-21-31-45-35(48-47-31)37(3,4)38(39,40)41)56-27-7-5-26(6-8-27)49-13-15-50(16-14-49)32-18-24(2)30(20-42-32)51-12-11-33(53)46-36(51)55/h9-10,17-20,22,26-27H,5-8,11-16,21H2,1-4H3,(H,43,54)(H,45,47,48)(H,46,53,55). The Morgan fingerprint density at radius 3 is 2.38 bits per heavy atom. The number of ether oxygens (including phenoxy) is 1. The number of anilines is 2. The summed E-state index contributed by atoms with van der Waals surface area (Å²) in [5, 5.41) is 15.5. The number of benzene rings is 1. The molecule has 3 N–H and O–H groups in total. The van der Waals surface area contributed by atoms with Gasteiger partial charge in [-0.15, -0.1) is 0 Å². The zero-order valence-corrected chi connectivity index (χ0v) is 31.8. The molecule has 56 heavy (non-hydrogen) atoms. The van der Waals surface area contributed by atoms with Crippen molar-refractivity contribution in [2.24, 2.45) is 0 Å². The van der Waals surface area contributed by atoms with Gasteiger partial charge in [-0.2, -0.15) is 23.4 Å². The number of pyridine rings is 1. The van der Waals surface area contributed by atoms with Crippen molar-refractivity contribution in [1.82, 2.24) is 45.5 Å². The van der Waals surface area contributed by atoms with Gasteiger partial charge < -0.3 is 15.0 Å². The Bertz CT molecular complexity index is 2080. The number of carbonyl (C=O) groups is 3. The quantitative estimate of drug-likeness (QED) is 0.205. The Morgan fingerprint density at radius 2 is 1.70 bits per heavy atom. The molecule has 1 saturated carbocycles. The van der Waals surface area contributed by atoms with Gasteiger partial charge in [-0.3, -0.25) is 29.8 Å². The third-order valence-corrected chi connectivity index (χ3v) is 11.0. The molecule has 2 saturated heterocycles. The molecule has 15 nitrogen and oxygen atoms in total. The average Bonchev–Trinajstić information content (AvgIpc) is 3.86. The third kappa shape index (κ3) is 8.20. The first-order valence-electron chi connectivity index (χ1n) is 18.8. The highest BCUT2D eigenvalue weighted by molar-refractivity contribution is 6.05. The van der Waals surface area contributed by atoms with Crippen LogP contribution in [0.5, 0.6) is 5.75 Å². The highest BCUT2D eigenvalue weighted by Crippen LogP contribution is 2.38. The van der Waals surface area contributed by atoms with Crippen LogP contribution in [0.25, 0.3) is 5.69 Å². The van der Waals surface area contributed by atoms with E-state index in [4.69, 9.17) is 4.74 Å². The van der Waals surface area contributed by atoms with Crippen molar-refractivity contribution in [3.05, 3.63) is 71.2 Å². The lowest BCUT2D eigenvalue weighted by atomic mass is 9.91. The van der Waals surface area contributed by atoms with Crippen LogP contribution in [0.1, 0.15) is 79.1 Å². The van der Waals surface area contributed by atoms with Crippen LogP contribution in [-0.4, -0.2) is 104 Å². The lowest BCUT2D eigenvalue weighted by Gasteiger charge is -2.42. The minimum absolute atomic E-state index is 0.108. The molecule has 1 aromatic carbocycles. The number of H-pyrrole nitrogens is 1. The van der Waals surface area contributed by atoms with E-state index in [0.717, 1.165) is 99.8 Å². The summed E-state index contributed by atoms with van der Waals surface area (Å²) in [6.07, 6.45) is 4.62. The lowest BCUT2D eigenvalue weighted by molar-refractivity contribution is -0.182. The van der Waals surface area contributed by atoms with Gasteiger partial charge in [0.05, 0.1) is 42.0 Å². The number of hydrogen-bond donors (Lipinski definition) is 3. The molecule has 5 heterocycles. The summed E-state index contributed by atoms with van der Waals surface area (Å²) in [4.78, 5) is 51.7. The average molecular weight is 778 g/mol. The number of halogens is 3. The molecule has 4 amide bonds. The maximum atomic E-state index is 13.3. The number of nitrogens with zero attached hydrogens (tertiary/aromatic N) is 8. The molecule has 2 aliphatic heterocycles. The molecule has 1 aliphatic carbocycles. The highest BCUT2D eigenvalue weighted by Gasteiger charge is 2.51. The van der Waals surface area contributed by atoms with Crippen LogP contribution in [0, 0.1) is 13.8 Å². The molecule has 0 spiro atoms. The molecule has 3 aromatic heterocycles. The van der Waals surface area contributed by atoms with Crippen LogP contribution in [0.3, 0.4) is 0 Å². The topological polar surface area (TPSA) is 166 Å². The van der Waals surface area contributed by atoms with Gasteiger partial charge in [-0.1, -0.05) is 0 Å². The molecule has 3 aliphatic rings. The number of imide groups is 1. The van der Waals surface area contributed by atoms with Crippen molar-refractivity contribution in [3.63, 3.8) is 0 Å². The summed E-state index contributed by atoms with van der Waals surface area (Å²) in [5.74, 6) is 0.668. The van der Waals surface area contributed by atoms with E-state index in [2.05, 4.69) is 45.7 Å². The number of aryl methyl sites for hydroxylation is 2. The van der Waals surface area contributed by atoms with Crippen molar-refractivity contribution >= 4 is 29.4 Å². The first-order valence-corrected chi connectivity index (χ1v) is 18.8. The van der Waals surface area contributed by atoms with Crippen LogP contribution in [0.15, 0.2) is 42.9 Å². The fraction of sp³-hybridized carbons (Fsp3) is 0.500.